The highest BCUT2D eigenvalue weighted by atomic mass is 79.9. The quantitative estimate of drug-likeness (QED) is 0.173. The predicted molar refractivity (Wildman–Crippen MR) is 130 cm³/mol. The lowest BCUT2D eigenvalue weighted by atomic mass is 10.1. The minimum atomic E-state index is 0.809. The lowest BCUT2D eigenvalue weighted by Crippen LogP contribution is -1.98. The van der Waals surface area contributed by atoms with E-state index in [1.54, 1.807) is 0 Å². The number of benzene rings is 2. The summed E-state index contributed by atoms with van der Waals surface area (Å²) in [7, 11) is 0. The van der Waals surface area contributed by atoms with Gasteiger partial charge >= 0.3 is 0 Å². The Labute approximate surface area is 186 Å². The lowest BCUT2D eigenvalue weighted by molar-refractivity contribution is 0.304. The van der Waals surface area contributed by atoms with Crippen LogP contribution in [0.2, 0.25) is 0 Å². The number of halogens is 1. The molecule has 2 nitrogen and oxygen atoms in total. The molecule has 29 heavy (non-hydrogen) atoms. The molecule has 0 spiro atoms. The summed E-state index contributed by atoms with van der Waals surface area (Å²) in [5.74, 6) is 1.94. The van der Waals surface area contributed by atoms with E-state index in [0.717, 1.165) is 42.9 Å². The molecule has 0 fully saturated rings. The minimum Gasteiger partial charge on any atom is -0.494 e. The summed E-state index contributed by atoms with van der Waals surface area (Å²) in [6.45, 7) is 3.88. The SMILES string of the molecule is CCCCCCCCOc1ccc2cc(OCCCCCCCCBr)ccc2c1. The van der Waals surface area contributed by atoms with Gasteiger partial charge in [-0.1, -0.05) is 92.8 Å². The summed E-state index contributed by atoms with van der Waals surface area (Å²) in [6, 6.07) is 12.7. The molecule has 0 heterocycles. The van der Waals surface area contributed by atoms with Crippen LogP contribution in [0.25, 0.3) is 10.8 Å². The van der Waals surface area contributed by atoms with Crippen molar-refractivity contribution in [2.24, 2.45) is 0 Å². The molecule has 2 rings (SSSR count). The van der Waals surface area contributed by atoms with Crippen LogP contribution in [-0.4, -0.2) is 18.5 Å². The summed E-state index contributed by atoms with van der Waals surface area (Å²) in [5, 5.41) is 3.55. The van der Waals surface area contributed by atoms with Crippen LogP contribution in [0.15, 0.2) is 36.4 Å². The van der Waals surface area contributed by atoms with Crippen molar-refractivity contribution in [1.29, 1.82) is 0 Å². The molecule has 0 N–H and O–H groups in total. The topological polar surface area (TPSA) is 18.5 Å². The summed E-state index contributed by atoms with van der Waals surface area (Å²) >= 11 is 3.49. The Hall–Kier alpha value is -1.22. The third kappa shape index (κ3) is 10.4. The first-order valence-electron chi connectivity index (χ1n) is 11.7. The highest BCUT2D eigenvalue weighted by Gasteiger charge is 2.01. The molecule has 0 saturated heterocycles. The van der Waals surface area contributed by atoms with E-state index in [1.807, 2.05) is 0 Å². The van der Waals surface area contributed by atoms with Gasteiger partial charge in [0.1, 0.15) is 11.5 Å². The molecule has 0 atom stereocenters. The van der Waals surface area contributed by atoms with Gasteiger partial charge in [-0.2, -0.15) is 0 Å². The fraction of sp³-hybridized carbons (Fsp3) is 0.615. The number of alkyl halides is 1. The second-order valence-electron chi connectivity index (χ2n) is 7.95. The zero-order chi connectivity index (χ0) is 20.6. The fourth-order valence-corrected chi connectivity index (χ4v) is 3.94. The van der Waals surface area contributed by atoms with E-state index >= 15 is 0 Å². The molecular formula is C26H39BrO2. The van der Waals surface area contributed by atoms with E-state index in [4.69, 9.17) is 9.47 Å². The molecular weight excluding hydrogens is 424 g/mol. The molecule has 0 aromatic heterocycles. The molecule has 0 aliphatic heterocycles. The zero-order valence-electron chi connectivity index (χ0n) is 18.3. The van der Waals surface area contributed by atoms with Crippen LogP contribution in [0.4, 0.5) is 0 Å². The second-order valence-corrected chi connectivity index (χ2v) is 8.74. The molecule has 0 aliphatic carbocycles. The standard InChI is InChI=1S/C26H39BrO2/c1-2-3-4-5-9-12-19-28-25-16-14-24-22-26(17-15-23(24)21-25)29-20-13-10-7-6-8-11-18-27/h14-17,21-22H,2-13,18-20H2,1H3. The molecule has 0 saturated carbocycles. The Morgan fingerprint density at radius 1 is 0.586 bits per heavy atom. The Kier molecular flexibility index (Phi) is 12.9. The fourth-order valence-electron chi connectivity index (χ4n) is 3.55. The number of unbranched alkanes of at least 4 members (excludes halogenated alkanes) is 10. The van der Waals surface area contributed by atoms with Gasteiger partial charge in [0.05, 0.1) is 13.2 Å². The normalized spacial score (nSPS) is 11.1. The van der Waals surface area contributed by atoms with E-state index in [-0.39, 0.29) is 0 Å². The number of hydrogen-bond acceptors (Lipinski definition) is 2. The van der Waals surface area contributed by atoms with Crippen LogP contribution in [0, 0.1) is 0 Å². The van der Waals surface area contributed by atoms with Gasteiger partial charge in [0.15, 0.2) is 0 Å². The number of rotatable bonds is 17. The lowest BCUT2D eigenvalue weighted by Gasteiger charge is -2.10. The van der Waals surface area contributed by atoms with Crippen LogP contribution in [-0.2, 0) is 0 Å². The molecule has 162 valence electrons. The number of hydrogen-bond donors (Lipinski definition) is 0. The zero-order valence-corrected chi connectivity index (χ0v) is 19.9. The Balaban J connectivity index is 1.66. The van der Waals surface area contributed by atoms with Crippen molar-refractivity contribution < 1.29 is 9.47 Å². The third-order valence-electron chi connectivity index (χ3n) is 5.35. The molecule has 2 aromatic carbocycles. The van der Waals surface area contributed by atoms with Gasteiger partial charge in [-0.15, -0.1) is 0 Å². The van der Waals surface area contributed by atoms with E-state index in [1.165, 1.54) is 75.0 Å². The first-order valence-corrected chi connectivity index (χ1v) is 12.8. The van der Waals surface area contributed by atoms with Crippen molar-refractivity contribution in [3.05, 3.63) is 36.4 Å². The Bertz CT molecular complexity index is 671. The Morgan fingerprint density at radius 3 is 1.52 bits per heavy atom. The number of ether oxygens (including phenoxy) is 2. The third-order valence-corrected chi connectivity index (χ3v) is 5.91. The predicted octanol–water partition coefficient (Wildman–Crippen LogP) is 8.69. The van der Waals surface area contributed by atoms with Gasteiger partial charge in [0.25, 0.3) is 0 Å². The maximum absolute atomic E-state index is 5.95. The van der Waals surface area contributed by atoms with Crippen molar-refractivity contribution in [2.45, 2.75) is 84.0 Å². The molecule has 0 bridgehead atoms. The first-order chi connectivity index (χ1) is 14.3. The monoisotopic (exact) mass is 462 g/mol. The minimum absolute atomic E-state index is 0.809. The van der Waals surface area contributed by atoms with Crippen LogP contribution in [0.5, 0.6) is 11.5 Å². The highest BCUT2D eigenvalue weighted by Crippen LogP contribution is 2.25. The summed E-state index contributed by atoms with van der Waals surface area (Å²) < 4.78 is 11.9. The summed E-state index contributed by atoms with van der Waals surface area (Å²) in [4.78, 5) is 0. The average Bonchev–Trinajstić information content (AvgIpc) is 2.75. The van der Waals surface area contributed by atoms with Crippen LogP contribution >= 0.6 is 15.9 Å². The van der Waals surface area contributed by atoms with E-state index in [9.17, 15) is 0 Å². The molecule has 0 unspecified atom stereocenters. The van der Waals surface area contributed by atoms with Crippen molar-refractivity contribution in [3.63, 3.8) is 0 Å². The van der Waals surface area contributed by atoms with E-state index < -0.39 is 0 Å². The molecule has 0 amide bonds. The summed E-state index contributed by atoms with van der Waals surface area (Å²) in [6.07, 6.45) is 15.4. The summed E-state index contributed by atoms with van der Waals surface area (Å²) in [5.41, 5.74) is 0. The highest BCUT2D eigenvalue weighted by molar-refractivity contribution is 9.09. The van der Waals surface area contributed by atoms with Gasteiger partial charge < -0.3 is 9.47 Å². The van der Waals surface area contributed by atoms with Crippen LogP contribution in [0.1, 0.15) is 84.0 Å². The van der Waals surface area contributed by atoms with Gasteiger partial charge in [-0.05, 0) is 54.3 Å². The van der Waals surface area contributed by atoms with Crippen LogP contribution < -0.4 is 9.47 Å². The molecule has 3 heteroatoms. The number of fused-ring (bicyclic) bond motifs is 1. The van der Waals surface area contributed by atoms with Crippen molar-refractivity contribution >= 4 is 26.7 Å². The molecule has 2 aromatic rings. The molecule has 0 aliphatic rings. The Morgan fingerprint density at radius 2 is 1.03 bits per heavy atom. The van der Waals surface area contributed by atoms with Gasteiger partial charge in [-0.25, -0.2) is 0 Å². The van der Waals surface area contributed by atoms with Gasteiger partial charge in [0.2, 0.25) is 0 Å². The van der Waals surface area contributed by atoms with E-state index in [2.05, 4.69) is 59.3 Å². The molecule has 0 radical (unpaired) electrons. The first kappa shape index (κ1) is 24.1. The van der Waals surface area contributed by atoms with Gasteiger partial charge in [0, 0.05) is 5.33 Å². The van der Waals surface area contributed by atoms with Crippen molar-refractivity contribution in [1.82, 2.24) is 0 Å². The van der Waals surface area contributed by atoms with Gasteiger partial charge in [-0.3, -0.25) is 0 Å². The van der Waals surface area contributed by atoms with Crippen LogP contribution in [0.3, 0.4) is 0 Å². The smallest absolute Gasteiger partial charge is 0.119 e. The second kappa shape index (κ2) is 15.6. The van der Waals surface area contributed by atoms with Crippen molar-refractivity contribution in [2.75, 3.05) is 18.5 Å². The van der Waals surface area contributed by atoms with E-state index in [0.29, 0.717) is 0 Å². The maximum Gasteiger partial charge on any atom is 0.119 e. The van der Waals surface area contributed by atoms with Crippen molar-refractivity contribution in [3.8, 4) is 11.5 Å². The maximum atomic E-state index is 5.95. The largest absolute Gasteiger partial charge is 0.494 e. The average molecular weight is 464 g/mol.